The van der Waals surface area contributed by atoms with Crippen LogP contribution in [0.15, 0.2) is 47.8 Å². The fourth-order valence-electron chi connectivity index (χ4n) is 3.03. The lowest BCUT2D eigenvalue weighted by Crippen LogP contribution is -2.44. The fraction of sp³-hybridized carbons (Fsp3) is 0.350. The van der Waals surface area contributed by atoms with Gasteiger partial charge in [-0.15, -0.1) is 0 Å². The number of aromatic hydroxyl groups is 1. The highest BCUT2D eigenvalue weighted by Crippen LogP contribution is 2.26. The average Bonchev–Trinajstić information content (AvgIpc) is 2.72. The highest BCUT2D eigenvalue weighted by Gasteiger charge is 2.28. The first-order valence-corrected chi connectivity index (χ1v) is 9.19. The molecule has 0 aliphatic carbocycles. The molecule has 8 nitrogen and oxygen atoms in total. The first-order chi connectivity index (χ1) is 13.7. The summed E-state index contributed by atoms with van der Waals surface area (Å²) in [6.45, 7) is 4.81. The summed E-state index contributed by atoms with van der Waals surface area (Å²) in [5, 5.41) is 14.0. The standard InChI is InChI=1S/C20H24N4O4/c1-2-28-18-4-3-15(13-17(18)25)14-22-23-20(26)19(16-5-7-21-8-6-16)24-9-11-27-12-10-24/h3-8,13-14,19,25H,2,9-12H2,1H3,(H,23,26)/b22-14-/t19-/m1/s1. The number of hydrogen-bond donors (Lipinski definition) is 2. The monoisotopic (exact) mass is 384 g/mol. The third-order valence-electron chi connectivity index (χ3n) is 4.35. The molecule has 1 atom stereocenters. The second-order valence-corrected chi connectivity index (χ2v) is 6.23. The van der Waals surface area contributed by atoms with Crippen molar-refractivity contribution in [1.29, 1.82) is 0 Å². The highest BCUT2D eigenvalue weighted by molar-refractivity contribution is 5.86. The number of rotatable bonds is 7. The Hall–Kier alpha value is -2.97. The minimum Gasteiger partial charge on any atom is -0.504 e. The maximum Gasteiger partial charge on any atom is 0.262 e. The fourth-order valence-corrected chi connectivity index (χ4v) is 3.03. The van der Waals surface area contributed by atoms with Gasteiger partial charge in [0.15, 0.2) is 11.5 Å². The van der Waals surface area contributed by atoms with Crippen LogP contribution in [0.4, 0.5) is 0 Å². The van der Waals surface area contributed by atoms with Gasteiger partial charge in [0, 0.05) is 25.5 Å². The molecule has 148 valence electrons. The van der Waals surface area contributed by atoms with Gasteiger partial charge in [0.1, 0.15) is 6.04 Å². The number of phenols is 1. The van der Waals surface area contributed by atoms with E-state index in [2.05, 4.69) is 20.4 Å². The first kappa shape index (κ1) is 19.8. The van der Waals surface area contributed by atoms with E-state index in [1.807, 2.05) is 19.1 Å². The maximum absolute atomic E-state index is 12.8. The summed E-state index contributed by atoms with van der Waals surface area (Å²) in [5.41, 5.74) is 4.10. The minimum absolute atomic E-state index is 0.0279. The number of ether oxygens (including phenoxy) is 2. The number of amides is 1. The van der Waals surface area contributed by atoms with Gasteiger partial charge in [0.2, 0.25) is 0 Å². The molecule has 8 heteroatoms. The Bertz CT molecular complexity index is 807. The van der Waals surface area contributed by atoms with Crippen LogP contribution in [0.25, 0.3) is 0 Å². The lowest BCUT2D eigenvalue weighted by atomic mass is 10.1. The van der Waals surface area contributed by atoms with E-state index >= 15 is 0 Å². The predicted octanol–water partition coefficient (Wildman–Crippen LogP) is 1.71. The van der Waals surface area contributed by atoms with Crippen LogP contribution >= 0.6 is 0 Å². The number of nitrogens with zero attached hydrogens (tertiary/aromatic N) is 3. The zero-order chi connectivity index (χ0) is 19.8. The molecule has 0 bridgehead atoms. The van der Waals surface area contributed by atoms with Crippen LogP contribution in [0.1, 0.15) is 24.1 Å². The molecule has 1 fully saturated rings. The summed E-state index contributed by atoms with van der Waals surface area (Å²) in [7, 11) is 0. The highest BCUT2D eigenvalue weighted by atomic mass is 16.5. The second kappa shape index (κ2) is 9.82. The number of nitrogens with one attached hydrogen (secondary N) is 1. The molecule has 1 amide bonds. The first-order valence-electron chi connectivity index (χ1n) is 9.19. The Kier molecular flexibility index (Phi) is 6.94. The van der Waals surface area contributed by atoms with Crippen LogP contribution in [0.3, 0.4) is 0 Å². The molecule has 2 aromatic rings. The van der Waals surface area contributed by atoms with Crippen molar-refractivity contribution in [2.45, 2.75) is 13.0 Å². The average molecular weight is 384 g/mol. The van der Waals surface area contributed by atoms with E-state index in [0.717, 1.165) is 5.56 Å². The molecule has 1 aromatic heterocycles. The molecule has 2 heterocycles. The van der Waals surface area contributed by atoms with E-state index < -0.39 is 6.04 Å². The molecule has 0 saturated carbocycles. The van der Waals surface area contributed by atoms with Crippen molar-refractivity contribution in [3.8, 4) is 11.5 Å². The van der Waals surface area contributed by atoms with E-state index in [-0.39, 0.29) is 11.7 Å². The summed E-state index contributed by atoms with van der Waals surface area (Å²) in [6.07, 6.45) is 4.82. The molecular weight excluding hydrogens is 360 g/mol. The lowest BCUT2D eigenvalue weighted by Gasteiger charge is -2.33. The number of pyridine rings is 1. The quantitative estimate of drug-likeness (QED) is 0.557. The number of carbonyl (C=O) groups is 1. The number of carbonyl (C=O) groups excluding carboxylic acids is 1. The van der Waals surface area contributed by atoms with Crippen LogP contribution in [0.2, 0.25) is 0 Å². The zero-order valence-corrected chi connectivity index (χ0v) is 15.7. The van der Waals surface area contributed by atoms with Gasteiger partial charge in [0.25, 0.3) is 5.91 Å². The molecule has 0 unspecified atom stereocenters. The number of hydrogen-bond acceptors (Lipinski definition) is 7. The number of phenolic OH excluding ortho intramolecular Hbond substituents is 1. The zero-order valence-electron chi connectivity index (χ0n) is 15.7. The van der Waals surface area contributed by atoms with Crippen molar-refractivity contribution in [3.63, 3.8) is 0 Å². The van der Waals surface area contributed by atoms with Crippen LogP contribution in [-0.2, 0) is 9.53 Å². The number of hydrazone groups is 1. The van der Waals surface area contributed by atoms with Gasteiger partial charge >= 0.3 is 0 Å². The molecule has 2 N–H and O–H groups in total. The summed E-state index contributed by atoms with van der Waals surface area (Å²) < 4.78 is 10.7. The number of aromatic nitrogens is 1. The van der Waals surface area contributed by atoms with Gasteiger partial charge in [-0.1, -0.05) is 0 Å². The summed E-state index contributed by atoms with van der Waals surface area (Å²) in [4.78, 5) is 18.9. The molecule has 0 radical (unpaired) electrons. The van der Waals surface area contributed by atoms with Gasteiger partial charge in [-0.3, -0.25) is 14.7 Å². The Labute approximate surface area is 163 Å². The summed E-state index contributed by atoms with van der Waals surface area (Å²) in [5.74, 6) is 0.202. The second-order valence-electron chi connectivity index (χ2n) is 6.23. The molecule has 3 rings (SSSR count). The Morgan fingerprint density at radius 3 is 2.79 bits per heavy atom. The lowest BCUT2D eigenvalue weighted by molar-refractivity contribution is -0.128. The van der Waals surface area contributed by atoms with E-state index in [4.69, 9.17) is 9.47 Å². The van der Waals surface area contributed by atoms with E-state index in [1.54, 1.807) is 24.5 Å². The van der Waals surface area contributed by atoms with Crippen molar-refractivity contribution in [2.24, 2.45) is 5.10 Å². The molecule has 1 aliphatic rings. The van der Waals surface area contributed by atoms with Crippen molar-refractivity contribution in [2.75, 3.05) is 32.9 Å². The third kappa shape index (κ3) is 5.05. The number of morpholine rings is 1. The van der Waals surface area contributed by atoms with Gasteiger partial charge in [0.05, 0.1) is 26.0 Å². The maximum atomic E-state index is 12.8. The molecule has 0 spiro atoms. The minimum atomic E-state index is -0.474. The SMILES string of the molecule is CCOc1ccc(/C=N\NC(=O)[C@@H](c2ccncc2)N2CCOCC2)cc1O. The third-order valence-corrected chi connectivity index (χ3v) is 4.35. The Morgan fingerprint density at radius 1 is 1.36 bits per heavy atom. The van der Waals surface area contributed by atoms with Crippen LogP contribution in [-0.4, -0.2) is 60.0 Å². The topological polar surface area (TPSA) is 96.3 Å². The summed E-state index contributed by atoms with van der Waals surface area (Å²) >= 11 is 0. The normalized spacial score (nSPS) is 16.0. The van der Waals surface area contributed by atoms with E-state index in [0.29, 0.717) is 44.2 Å². The van der Waals surface area contributed by atoms with Gasteiger partial charge in [-0.05, 0) is 48.4 Å². The molecular formula is C20H24N4O4. The summed E-state index contributed by atoms with van der Waals surface area (Å²) in [6, 6.07) is 8.13. The van der Waals surface area contributed by atoms with Crippen molar-refractivity contribution in [1.82, 2.24) is 15.3 Å². The van der Waals surface area contributed by atoms with Gasteiger partial charge < -0.3 is 14.6 Å². The van der Waals surface area contributed by atoms with Crippen molar-refractivity contribution >= 4 is 12.1 Å². The van der Waals surface area contributed by atoms with E-state index in [9.17, 15) is 9.90 Å². The molecule has 28 heavy (non-hydrogen) atoms. The van der Waals surface area contributed by atoms with Crippen LogP contribution in [0.5, 0.6) is 11.5 Å². The largest absolute Gasteiger partial charge is 0.504 e. The number of benzene rings is 1. The molecule has 1 aromatic carbocycles. The van der Waals surface area contributed by atoms with Crippen LogP contribution < -0.4 is 10.2 Å². The Morgan fingerprint density at radius 2 is 2.11 bits per heavy atom. The van der Waals surface area contributed by atoms with Crippen molar-refractivity contribution in [3.05, 3.63) is 53.9 Å². The predicted molar refractivity (Wildman–Crippen MR) is 104 cm³/mol. The van der Waals surface area contributed by atoms with Gasteiger partial charge in [-0.2, -0.15) is 5.10 Å². The van der Waals surface area contributed by atoms with Crippen LogP contribution in [0, 0.1) is 0 Å². The molecule has 1 saturated heterocycles. The van der Waals surface area contributed by atoms with Gasteiger partial charge in [-0.25, -0.2) is 5.43 Å². The molecule has 1 aliphatic heterocycles. The van der Waals surface area contributed by atoms with Crippen molar-refractivity contribution < 1.29 is 19.4 Å². The Balaban J connectivity index is 1.69. The van der Waals surface area contributed by atoms with E-state index in [1.165, 1.54) is 12.3 Å². The smallest absolute Gasteiger partial charge is 0.262 e.